The first-order valence-electron chi connectivity index (χ1n) is 9.72. The van der Waals surface area contributed by atoms with E-state index in [9.17, 15) is 4.79 Å². The minimum Gasteiger partial charge on any atom is -0.353 e. The van der Waals surface area contributed by atoms with Gasteiger partial charge in [0.1, 0.15) is 12.0 Å². The molecular formula is C20H31FO3. The Labute approximate surface area is 144 Å². The van der Waals surface area contributed by atoms with E-state index in [0.29, 0.717) is 48.7 Å². The zero-order valence-corrected chi connectivity index (χ0v) is 15.2. The summed E-state index contributed by atoms with van der Waals surface area (Å²) in [5.74, 6) is 1.76. The second-order valence-corrected chi connectivity index (χ2v) is 8.99. The van der Waals surface area contributed by atoms with Gasteiger partial charge in [-0.2, -0.15) is 0 Å². The van der Waals surface area contributed by atoms with Crippen molar-refractivity contribution in [3.63, 3.8) is 0 Å². The lowest BCUT2D eigenvalue weighted by atomic mass is 9.50. The van der Waals surface area contributed by atoms with E-state index in [-0.39, 0.29) is 11.3 Å². The van der Waals surface area contributed by atoms with E-state index in [1.807, 2.05) is 0 Å². The van der Waals surface area contributed by atoms with E-state index in [1.165, 1.54) is 0 Å². The number of carbonyl (C=O) groups excluding carboxylic acids is 1. The predicted molar refractivity (Wildman–Crippen MR) is 89.1 cm³/mol. The van der Waals surface area contributed by atoms with Gasteiger partial charge < -0.3 is 9.47 Å². The fourth-order valence-corrected chi connectivity index (χ4v) is 6.99. The summed E-state index contributed by atoms with van der Waals surface area (Å²) in [5, 5.41) is 0. The Morgan fingerprint density at radius 3 is 2.38 bits per heavy atom. The zero-order chi connectivity index (χ0) is 17.1. The van der Waals surface area contributed by atoms with Gasteiger partial charge in [0.15, 0.2) is 5.79 Å². The first-order chi connectivity index (χ1) is 11.4. The van der Waals surface area contributed by atoms with Crippen molar-refractivity contribution in [1.29, 1.82) is 0 Å². The van der Waals surface area contributed by atoms with Crippen LogP contribution in [0.1, 0.15) is 58.3 Å². The minimum absolute atomic E-state index is 0.0568. The van der Waals surface area contributed by atoms with Gasteiger partial charge in [-0.05, 0) is 61.7 Å². The quantitative estimate of drug-likeness (QED) is 0.710. The van der Waals surface area contributed by atoms with E-state index >= 15 is 4.39 Å². The highest BCUT2D eigenvalue weighted by Gasteiger charge is 2.60. The second-order valence-electron chi connectivity index (χ2n) is 8.99. The molecule has 0 aliphatic heterocycles. The van der Waals surface area contributed by atoms with Gasteiger partial charge in [0, 0.05) is 38.9 Å². The highest BCUT2D eigenvalue weighted by Crippen LogP contribution is 2.62. The molecular weight excluding hydrogens is 307 g/mol. The van der Waals surface area contributed by atoms with Crippen molar-refractivity contribution in [3.8, 4) is 0 Å². The van der Waals surface area contributed by atoms with E-state index in [0.717, 1.165) is 32.1 Å². The molecule has 7 atom stereocenters. The standard InChI is InChI=1S/C20H31FO3/c1-19-8-6-12-13-7-9-20(23-2,24-3)11-15(13)17(21)10-14(12)16(19)4-5-18(19)22/h12-17H,4-11H2,1-3H3/t12-,13-,14-,15+,16+,17-,19+/m1/s1. The SMILES string of the molecule is COC1(OC)CC[C@@H]2[C@H]3CC[C@]4(C)C(=O)CC[C@H]4[C@@H]3C[C@@H](F)[C@H]2C1. The van der Waals surface area contributed by atoms with Gasteiger partial charge in [-0.25, -0.2) is 4.39 Å². The number of ether oxygens (including phenoxy) is 2. The summed E-state index contributed by atoms with van der Waals surface area (Å²) in [6.45, 7) is 2.16. The summed E-state index contributed by atoms with van der Waals surface area (Å²) in [4.78, 5) is 12.4. The summed E-state index contributed by atoms with van der Waals surface area (Å²) < 4.78 is 26.4. The molecule has 0 aromatic carbocycles. The van der Waals surface area contributed by atoms with Gasteiger partial charge >= 0.3 is 0 Å². The van der Waals surface area contributed by atoms with Crippen molar-refractivity contribution in [2.45, 2.75) is 70.2 Å². The maximum Gasteiger partial charge on any atom is 0.167 e. The molecule has 4 aliphatic rings. The van der Waals surface area contributed by atoms with Crippen LogP contribution in [0.3, 0.4) is 0 Å². The number of carbonyl (C=O) groups is 1. The summed E-state index contributed by atoms with van der Waals surface area (Å²) in [5.41, 5.74) is -0.162. The third kappa shape index (κ3) is 2.25. The Balaban J connectivity index is 1.58. The smallest absolute Gasteiger partial charge is 0.167 e. The van der Waals surface area contributed by atoms with Crippen LogP contribution < -0.4 is 0 Å². The van der Waals surface area contributed by atoms with Crippen LogP contribution >= 0.6 is 0 Å². The van der Waals surface area contributed by atoms with E-state index in [1.54, 1.807) is 14.2 Å². The van der Waals surface area contributed by atoms with Crippen molar-refractivity contribution < 1.29 is 18.7 Å². The summed E-state index contributed by atoms with van der Waals surface area (Å²) in [6, 6.07) is 0. The van der Waals surface area contributed by atoms with Crippen LogP contribution in [0.2, 0.25) is 0 Å². The lowest BCUT2D eigenvalue weighted by Gasteiger charge is -2.56. The van der Waals surface area contributed by atoms with Crippen LogP contribution in [0.25, 0.3) is 0 Å². The van der Waals surface area contributed by atoms with Gasteiger partial charge in [0.25, 0.3) is 0 Å². The van der Waals surface area contributed by atoms with Gasteiger partial charge in [0.05, 0.1) is 0 Å². The molecule has 0 aromatic rings. The molecule has 0 aromatic heterocycles. The number of ketones is 1. The van der Waals surface area contributed by atoms with E-state index < -0.39 is 12.0 Å². The maximum absolute atomic E-state index is 15.2. The highest BCUT2D eigenvalue weighted by molar-refractivity contribution is 5.87. The largest absolute Gasteiger partial charge is 0.353 e. The van der Waals surface area contributed by atoms with E-state index in [4.69, 9.17) is 9.47 Å². The molecule has 0 N–H and O–H groups in total. The van der Waals surface area contributed by atoms with Gasteiger partial charge in [-0.1, -0.05) is 6.92 Å². The normalized spacial score (nSPS) is 50.1. The van der Waals surface area contributed by atoms with Crippen LogP contribution in [0.4, 0.5) is 4.39 Å². The second kappa shape index (κ2) is 5.77. The third-order valence-corrected chi connectivity index (χ3v) is 8.41. The molecule has 4 saturated carbocycles. The van der Waals surface area contributed by atoms with Crippen LogP contribution in [0.15, 0.2) is 0 Å². The van der Waals surface area contributed by atoms with Crippen molar-refractivity contribution in [1.82, 2.24) is 0 Å². The molecule has 4 heteroatoms. The molecule has 4 fully saturated rings. The predicted octanol–water partition coefficient (Wildman–Crippen LogP) is 4.15. The van der Waals surface area contributed by atoms with Crippen LogP contribution in [0.5, 0.6) is 0 Å². The van der Waals surface area contributed by atoms with Crippen molar-refractivity contribution in [3.05, 3.63) is 0 Å². The van der Waals surface area contributed by atoms with Crippen molar-refractivity contribution in [2.75, 3.05) is 14.2 Å². The topological polar surface area (TPSA) is 35.5 Å². The third-order valence-electron chi connectivity index (χ3n) is 8.41. The molecule has 4 rings (SSSR count). The number of methoxy groups -OCH3 is 2. The van der Waals surface area contributed by atoms with Gasteiger partial charge in [-0.3, -0.25) is 4.79 Å². The molecule has 0 spiro atoms. The Kier molecular flexibility index (Phi) is 4.08. The Morgan fingerprint density at radius 2 is 1.67 bits per heavy atom. The number of alkyl halides is 1. The van der Waals surface area contributed by atoms with E-state index in [2.05, 4.69) is 6.92 Å². The molecule has 0 bridgehead atoms. The van der Waals surface area contributed by atoms with Crippen molar-refractivity contribution in [2.24, 2.45) is 35.0 Å². The average molecular weight is 338 g/mol. The number of hydrogen-bond acceptors (Lipinski definition) is 3. The van der Waals surface area contributed by atoms with Gasteiger partial charge in [0.2, 0.25) is 0 Å². The Bertz CT molecular complexity index is 517. The zero-order valence-electron chi connectivity index (χ0n) is 15.2. The number of rotatable bonds is 2. The number of fused-ring (bicyclic) bond motifs is 5. The summed E-state index contributed by atoms with van der Waals surface area (Å²) in [7, 11) is 3.36. The Morgan fingerprint density at radius 1 is 1.00 bits per heavy atom. The van der Waals surface area contributed by atoms with Crippen LogP contribution in [-0.2, 0) is 14.3 Å². The number of hydrogen-bond donors (Lipinski definition) is 0. The fourth-order valence-electron chi connectivity index (χ4n) is 6.99. The first-order valence-corrected chi connectivity index (χ1v) is 9.72. The molecule has 136 valence electrons. The molecule has 0 unspecified atom stereocenters. The van der Waals surface area contributed by atoms with Crippen LogP contribution in [0, 0.1) is 35.0 Å². The minimum atomic E-state index is -0.778. The molecule has 0 radical (unpaired) electrons. The Hall–Kier alpha value is -0.480. The first kappa shape index (κ1) is 17.0. The van der Waals surface area contributed by atoms with Crippen LogP contribution in [-0.4, -0.2) is 32.0 Å². The average Bonchev–Trinajstić information content (AvgIpc) is 2.90. The summed E-state index contributed by atoms with van der Waals surface area (Å²) in [6.07, 6.45) is 6.20. The van der Waals surface area contributed by atoms with Crippen molar-refractivity contribution >= 4 is 5.78 Å². The lowest BCUT2D eigenvalue weighted by molar-refractivity contribution is -0.253. The summed E-state index contributed by atoms with van der Waals surface area (Å²) >= 11 is 0. The fraction of sp³-hybridized carbons (Fsp3) is 0.950. The molecule has 0 saturated heterocycles. The lowest BCUT2D eigenvalue weighted by Crippen LogP contribution is -2.55. The maximum atomic E-state index is 15.2. The molecule has 24 heavy (non-hydrogen) atoms. The molecule has 0 heterocycles. The molecule has 0 amide bonds. The van der Waals surface area contributed by atoms with Gasteiger partial charge in [-0.15, -0.1) is 0 Å². The monoisotopic (exact) mass is 338 g/mol. The molecule has 4 aliphatic carbocycles. The highest BCUT2D eigenvalue weighted by atomic mass is 19.1. The number of Topliss-reactive ketones (excluding diaryl/α,β-unsaturated/α-hetero) is 1. The molecule has 3 nitrogen and oxygen atoms in total. The number of halogens is 1.